The van der Waals surface area contributed by atoms with Gasteiger partial charge < -0.3 is 9.32 Å². The minimum atomic E-state index is -4.51. The third kappa shape index (κ3) is 4.26. The van der Waals surface area contributed by atoms with Crippen LogP contribution in [0, 0.1) is 16.7 Å². The third-order valence-electron chi connectivity index (χ3n) is 7.22. The van der Waals surface area contributed by atoms with Crippen LogP contribution in [0.5, 0.6) is 0 Å². The van der Waals surface area contributed by atoms with Crippen LogP contribution in [0.3, 0.4) is 0 Å². The Balaban J connectivity index is 1.34. The number of nitrogens with zero attached hydrogens (tertiary/aromatic N) is 5. The number of fused-ring (bicyclic) bond motifs is 2. The number of oxazole rings is 1. The summed E-state index contributed by atoms with van der Waals surface area (Å²) in [5, 5.41) is 9.53. The van der Waals surface area contributed by atoms with E-state index < -0.39 is 22.9 Å². The molecule has 2 aliphatic heterocycles. The number of hydrogen-bond donors (Lipinski definition) is 0. The molecule has 0 saturated carbocycles. The Bertz CT molecular complexity index is 1440. The standard InChI is InChI=1S/C25H24F3N5O3/c1-31-20-10-16(2-3-21(20)36-23(31)35)13-32-9-6-24(15-32,5-7-29)22(34)33-8-4-19-17(14-33)11-18(12-30-19)25(26,27)28/h2-3,10-12H,4-6,8-9,13-15H2,1H3. The molecule has 1 atom stereocenters. The maximum Gasteiger partial charge on any atom is 0.419 e. The zero-order chi connectivity index (χ0) is 25.7. The zero-order valence-electron chi connectivity index (χ0n) is 19.6. The van der Waals surface area contributed by atoms with Crippen LogP contribution in [0.25, 0.3) is 11.1 Å². The minimum absolute atomic E-state index is 0.0296. The molecule has 1 unspecified atom stereocenters. The molecule has 0 spiro atoms. The second-order valence-corrected chi connectivity index (χ2v) is 9.61. The fraction of sp³-hybridized carbons (Fsp3) is 0.440. The van der Waals surface area contributed by atoms with Gasteiger partial charge in [-0.25, -0.2) is 4.79 Å². The zero-order valence-corrected chi connectivity index (χ0v) is 19.6. The third-order valence-corrected chi connectivity index (χ3v) is 7.22. The van der Waals surface area contributed by atoms with E-state index in [-0.39, 0.29) is 18.9 Å². The van der Waals surface area contributed by atoms with Crippen molar-refractivity contribution in [3.8, 4) is 6.07 Å². The van der Waals surface area contributed by atoms with Crippen molar-refractivity contribution < 1.29 is 22.4 Å². The summed E-state index contributed by atoms with van der Waals surface area (Å²) in [5.41, 5.74) is 1.32. The molecule has 0 aliphatic carbocycles. The quantitative estimate of drug-likeness (QED) is 0.547. The van der Waals surface area contributed by atoms with Crippen LogP contribution in [0.2, 0.25) is 0 Å². The summed E-state index contributed by atoms with van der Waals surface area (Å²) >= 11 is 0. The van der Waals surface area contributed by atoms with Gasteiger partial charge in [0.1, 0.15) is 0 Å². The molecule has 2 aliphatic rings. The lowest BCUT2D eigenvalue weighted by Crippen LogP contribution is -2.47. The number of carbonyl (C=O) groups excluding carboxylic acids is 1. The van der Waals surface area contributed by atoms with E-state index in [1.165, 1.54) is 4.57 Å². The monoisotopic (exact) mass is 499 g/mol. The maximum absolute atomic E-state index is 13.7. The maximum atomic E-state index is 13.7. The van der Waals surface area contributed by atoms with E-state index in [0.717, 1.165) is 17.8 Å². The van der Waals surface area contributed by atoms with Gasteiger partial charge in [0.15, 0.2) is 5.58 Å². The summed E-state index contributed by atoms with van der Waals surface area (Å²) in [4.78, 5) is 33.1. The van der Waals surface area contributed by atoms with Gasteiger partial charge in [0.25, 0.3) is 0 Å². The second-order valence-electron chi connectivity index (χ2n) is 9.61. The van der Waals surface area contributed by atoms with Crippen molar-refractivity contribution in [1.82, 2.24) is 19.4 Å². The lowest BCUT2D eigenvalue weighted by molar-refractivity contribution is -0.142. The number of benzene rings is 1. The molecule has 8 nitrogen and oxygen atoms in total. The normalized spacial score (nSPS) is 20.5. The summed E-state index contributed by atoms with van der Waals surface area (Å²) in [7, 11) is 1.63. The highest BCUT2D eigenvalue weighted by molar-refractivity contribution is 5.84. The summed E-state index contributed by atoms with van der Waals surface area (Å²) in [6.45, 7) is 1.88. The van der Waals surface area contributed by atoms with E-state index >= 15 is 0 Å². The van der Waals surface area contributed by atoms with Crippen LogP contribution < -0.4 is 5.76 Å². The number of pyridine rings is 1. The molecular weight excluding hydrogens is 475 g/mol. The van der Waals surface area contributed by atoms with Crippen molar-refractivity contribution in [3.63, 3.8) is 0 Å². The molecule has 3 aromatic rings. The highest BCUT2D eigenvalue weighted by Crippen LogP contribution is 2.38. The average Bonchev–Trinajstić information content (AvgIpc) is 3.38. The van der Waals surface area contributed by atoms with Gasteiger partial charge in [-0.05, 0) is 42.3 Å². The van der Waals surface area contributed by atoms with Gasteiger partial charge in [-0.3, -0.25) is 19.2 Å². The molecule has 1 saturated heterocycles. The first-order valence-electron chi connectivity index (χ1n) is 11.6. The van der Waals surface area contributed by atoms with E-state index in [4.69, 9.17) is 4.42 Å². The van der Waals surface area contributed by atoms with E-state index in [1.807, 2.05) is 12.1 Å². The number of amides is 1. The van der Waals surface area contributed by atoms with E-state index in [2.05, 4.69) is 16.0 Å². The number of alkyl halides is 3. The summed E-state index contributed by atoms with van der Waals surface area (Å²) in [5.74, 6) is -0.648. The van der Waals surface area contributed by atoms with Crippen LogP contribution in [-0.4, -0.2) is 44.9 Å². The van der Waals surface area contributed by atoms with Crippen molar-refractivity contribution in [3.05, 3.63) is 63.4 Å². The first-order chi connectivity index (χ1) is 17.1. The Morgan fingerprint density at radius 3 is 2.83 bits per heavy atom. The van der Waals surface area contributed by atoms with Gasteiger partial charge in [0.05, 0.1) is 29.0 Å². The van der Waals surface area contributed by atoms with Crippen LogP contribution in [0.1, 0.15) is 35.2 Å². The van der Waals surface area contributed by atoms with Gasteiger partial charge >= 0.3 is 11.9 Å². The average molecular weight is 499 g/mol. The predicted octanol–water partition coefficient (Wildman–Crippen LogP) is 3.24. The molecule has 0 radical (unpaired) electrons. The summed E-state index contributed by atoms with van der Waals surface area (Å²) in [6.07, 6.45) is -2.79. The minimum Gasteiger partial charge on any atom is -0.408 e. The Hall–Kier alpha value is -3.65. The van der Waals surface area contributed by atoms with Crippen molar-refractivity contribution in [1.29, 1.82) is 5.26 Å². The topological polar surface area (TPSA) is 95.4 Å². The molecule has 36 heavy (non-hydrogen) atoms. The number of carbonyl (C=O) groups is 1. The Labute approximate surface area is 204 Å². The highest BCUT2D eigenvalue weighted by atomic mass is 19.4. The van der Waals surface area contributed by atoms with Crippen molar-refractivity contribution >= 4 is 17.0 Å². The van der Waals surface area contributed by atoms with E-state index in [0.29, 0.717) is 61.4 Å². The van der Waals surface area contributed by atoms with Crippen LogP contribution in [-0.2, 0) is 37.5 Å². The van der Waals surface area contributed by atoms with Crippen molar-refractivity contribution in [2.24, 2.45) is 12.5 Å². The Morgan fingerprint density at radius 2 is 2.08 bits per heavy atom. The fourth-order valence-corrected chi connectivity index (χ4v) is 5.26. The summed E-state index contributed by atoms with van der Waals surface area (Å²) < 4.78 is 46.1. The fourth-order valence-electron chi connectivity index (χ4n) is 5.26. The van der Waals surface area contributed by atoms with Crippen LogP contribution in [0.15, 0.2) is 39.7 Å². The molecule has 188 valence electrons. The first-order valence-corrected chi connectivity index (χ1v) is 11.6. The molecule has 0 bridgehead atoms. The number of rotatable bonds is 4. The Kier molecular flexibility index (Phi) is 5.87. The van der Waals surface area contributed by atoms with E-state index in [9.17, 15) is 28.0 Å². The predicted molar refractivity (Wildman–Crippen MR) is 122 cm³/mol. The summed E-state index contributed by atoms with van der Waals surface area (Å²) in [6, 6.07) is 8.70. The van der Waals surface area contributed by atoms with E-state index in [1.54, 1.807) is 18.0 Å². The number of aromatic nitrogens is 2. The number of nitriles is 1. The van der Waals surface area contributed by atoms with Gasteiger partial charge in [-0.1, -0.05) is 6.07 Å². The lowest BCUT2D eigenvalue weighted by atomic mass is 9.82. The Morgan fingerprint density at radius 1 is 1.28 bits per heavy atom. The molecule has 0 N–H and O–H groups in total. The number of halogens is 3. The molecular formula is C25H24F3N5O3. The van der Waals surface area contributed by atoms with Gasteiger partial charge in [0, 0.05) is 51.5 Å². The molecule has 1 amide bonds. The lowest BCUT2D eigenvalue weighted by Gasteiger charge is -2.36. The number of likely N-dealkylation sites (tertiary alicyclic amines) is 1. The molecule has 1 aromatic carbocycles. The first kappa shape index (κ1) is 24.1. The smallest absolute Gasteiger partial charge is 0.408 e. The van der Waals surface area contributed by atoms with Crippen LogP contribution in [0.4, 0.5) is 13.2 Å². The van der Waals surface area contributed by atoms with Gasteiger partial charge in [-0.2, -0.15) is 18.4 Å². The SMILES string of the molecule is Cn1c(=O)oc2ccc(CN3CCC(CC#N)(C(=O)N4CCc5ncc(C(F)(F)F)cc5C4)C3)cc21. The number of aryl methyl sites for hydroxylation is 1. The molecule has 4 heterocycles. The van der Waals surface area contributed by atoms with Gasteiger partial charge in [0.2, 0.25) is 5.91 Å². The van der Waals surface area contributed by atoms with Gasteiger partial charge in [-0.15, -0.1) is 0 Å². The second kappa shape index (κ2) is 8.78. The molecule has 1 fully saturated rings. The number of hydrogen-bond acceptors (Lipinski definition) is 6. The van der Waals surface area contributed by atoms with Crippen molar-refractivity contribution in [2.75, 3.05) is 19.6 Å². The highest BCUT2D eigenvalue weighted by Gasteiger charge is 2.47. The van der Waals surface area contributed by atoms with Crippen LogP contribution >= 0.6 is 0 Å². The molecule has 5 rings (SSSR count). The van der Waals surface area contributed by atoms with Crippen molar-refractivity contribution in [2.45, 2.75) is 38.5 Å². The largest absolute Gasteiger partial charge is 0.419 e. The molecule has 11 heteroatoms. The molecule has 2 aromatic heterocycles.